The monoisotopic (exact) mass is 840 g/mol. The number of methoxy groups -OCH3 is 2. The highest BCUT2D eigenvalue weighted by molar-refractivity contribution is 7.78. The number of carbonyl (C=O) groups is 3. The minimum atomic E-state index is -0.541. The number of rotatable bonds is 12. The first-order valence-electron chi connectivity index (χ1n) is 19.8. The number of isothiocyanates is 1. The van der Waals surface area contributed by atoms with Crippen LogP contribution in [0.15, 0.2) is 89.9 Å². The number of aliphatic imine (C=N–C) groups is 1. The summed E-state index contributed by atoms with van der Waals surface area (Å²) in [5, 5.41) is 5.36. The van der Waals surface area contributed by atoms with Crippen molar-refractivity contribution in [2.24, 2.45) is 4.99 Å². The largest absolute Gasteiger partial charge is 0.464 e. The Hall–Kier alpha value is -5.29. The molecule has 1 saturated heterocycles. The summed E-state index contributed by atoms with van der Waals surface area (Å²) in [5.74, 6) is -1.21. The SMILES string of the molecule is COC(=O)c1cccc(CN2CCOCCOCCN(C(c3ccc(C(=O)NCCc4ccc(N=C=S)cc4)cc3)c3cccc(C(=O)OC)n3)CCOCCOCC2)n1. The Morgan fingerprint density at radius 3 is 1.88 bits per heavy atom. The van der Waals surface area contributed by atoms with Crippen molar-refractivity contribution in [3.63, 3.8) is 0 Å². The average Bonchev–Trinajstić information content (AvgIpc) is 3.28. The molecular weight excluding hydrogens is 789 g/mol. The highest BCUT2D eigenvalue weighted by Gasteiger charge is 2.25. The number of hydrogen-bond donors (Lipinski definition) is 1. The van der Waals surface area contributed by atoms with Gasteiger partial charge in [-0.1, -0.05) is 36.4 Å². The van der Waals surface area contributed by atoms with Crippen LogP contribution in [0.5, 0.6) is 0 Å². The first-order valence-corrected chi connectivity index (χ1v) is 20.2. The molecule has 0 bridgehead atoms. The number of aromatic nitrogens is 2. The molecular formula is C44H52N6O9S. The third-order valence-corrected chi connectivity index (χ3v) is 9.68. The van der Waals surface area contributed by atoms with E-state index in [1.54, 1.807) is 36.4 Å². The van der Waals surface area contributed by atoms with Gasteiger partial charge in [-0.15, -0.1) is 0 Å². The number of amides is 1. The van der Waals surface area contributed by atoms with Crippen molar-refractivity contribution in [3.8, 4) is 0 Å². The van der Waals surface area contributed by atoms with Gasteiger partial charge in [-0.3, -0.25) is 14.6 Å². The second-order valence-electron chi connectivity index (χ2n) is 13.6. The van der Waals surface area contributed by atoms with Crippen molar-refractivity contribution in [2.45, 2.75) is 19.0 Å². The second-order valence-corrected chi connectivity index (χ2v) is 13.8. The maximum Gasteiger partial charge on any atom is 0.356 e. The number of esters is 2. The van der Waals surface area contributed by atoms with Crippen LogP contribution in [0, 0.1) is 0 Å². The van der Waals surface area contributed by atoms with Gasteiger partial charge in [0, 0.05) is 44.8 Å². The van der Waals surface area contributed by atoms with Gasteiger partial charge in [0.25, 0.3) is 5.91 Å². The van der Waals surface area contributed by atoms with Crippen LogP contribution in [0.1, 0.15) is 59.9 Å². The zero-order valence-corrected chi connectivity index (χ0v) is 34.9. The van der Waals surface area contributed by atoms with E-state index in [4.69, 9.17) is 33.4 Å². The number of thiocarbonyl (C=S) groups is 1. The first-order chi connectivity index (χ1) is 29.4. The highest BCUT2D eigenvalue weighted by atomic mass is 32.1. The predicted molar refractivity (Wildman–Crippen MR) is 227 cm³/mol. The van der Waals surface area contributed by atoms with E-state index in [2.05, 4.69) is 42.5 Å². The lowest BCUT2D eigenvalue weighted by molar-refractivity contribution is 0.00330. The smallest absolute Gasteiger partial charge is 0.356 e. The molecule has 15 nitrogen and oxygen atoms in total. The van der Waals surface area contributed by atoms with Crippen molar-refractivity contribution in [1.29, 1.82) is 0 Å². The quantitative estimate of drug-likeness (QED) is 0.118. The van der Waals surface area contributed by atoms with Gasteiger partial charge in [-0.2, -0.15) is 4.99 Å². The van der Waals surface area contributed by atoms with E-state index in [0.717, 1.165) is 22.5 Å². The summed E-state index contributed by atoms with van der Waals surface area (Å²) in [5.41, 5.74) is 4.98. The Balaban J connectivity index is 1.24. The Kier molecular flexibility index (Phi) is 19.4. The van der Waals surface area contributed by atoms with Crippen LogP contribution in [0.2, 0.25) is 0 Å². The second kappa shape index (κ2) is 25.4. The van der Waals surface area contributed by atoms with E-state index >= 15 is 0 Å². The number of benzene rings is 2. The van der Waals surface area contributed by atoms with Gasteiger partial charge >= 0.3 is 11.9 Å². The summed E-state index contributed by atoms with van der Waals surface area (Å²) in [4.78, 5) is 55.2. The summed E-state index contributed by atoms with van der Waals surface area (Å²) in [7, 11) is 2.66. The Morgan fingerprint density at radius 1 is 0.733 bits per heavy atom. The van der Waals surface area contributed by atoms with Gasteiger partial charge in [-0.05, 0) is 78.3 Å². The summed E-state index contributed by atoms with van der Waals surface area (Å²) in [6, 6.07) is 25.2. The van der Waals surface area contributed by atoms with Crippen LogP contribution >= 0.6 is 12.2 Å². The van der Waals surface area contributed by atoms with E-state index in [1.165, 1.54) is 14.2 Å². The van der Waals surface area contributed by atoms with E-state index in [9.17, 15) is 14.4 Å². The van der Waals surface area contributed by atoms with Gasteiger partial charge in [0.1, 0.15) is 11.4 Å². The van der Waals surface area contributed by atoms with Gasteiger partial charge < -0.3 is 33.7 Å². The molecule has 0 saturated carbocycles. The maximum atomic E-state index is 13.2. The molecule has 0 radical (unpaired) electrons. The van der Waals surface area contributed by atoms with Crippen LogP contribution in [-0.2, 0) is 41.4 Å². The molecule has 60 heavy (non-hydrogen) atoms. The van der Waals surface area contributed by atoms with Gasteiger partial charge in [-0.25, -0.2) is 19.6 Å². The van der Waals surface area contributed by atoms with E-state index < -0.39 is 18.0 Å². The zero-order chi connectivity index (χ0) is 42.4. The van der Waals surface area contributed by atoms with Crippen molar-refractivity contribution < 1.29 is 42.8 Å². The van der Waals surface area contributed by atoms with Crippen molar-refractivity contribution in [2.75, 3.05) is 99.8 Å². The molecule has 1 amide bonds. The molecule has 0 spiro atoms. The minimum Gasteiger partial charge on any atom is -0.464 e. The van der Waals surface area contributed by atoms with Gasteiger partial charge in [0.15, 0.2) is 0 Å². The molecule has 2 aromatic carbocycles. The number of pyridine rings is 2. The van der Waals surface area contributed by atoms with E-state index in [-0.39, 0.29) is 17.3 Å². The average molecular weight is 841 g/mol. The Labute approximate surface area is 356 Å². The standard InChI is InChI=1S/C44H52N6O9S/c1-54-43(52)39-7-3-5-37(47-39)31-49-19-23-56-27-29-58-25-21-50(22-26-59-30-28-57-24-20-49)41(38-6-4-8-40(48-38)44(53)55-2)34-11-13-35(14-12-34)42(51)45-18-17-33-9-15-36(16-10-33)46-32-60/h3-16,41H,17-31H2,1-2H3,(H,45,51). The van der Waals surface area contributed by atoms with Crippen LogP contribution in [-0.4, -0.2) is 143 Å². The number of hydrogen-bond acceptors (Lipinski definition) is 15. The molecule has 1 aliphatic rings. The molecule has 318 valence electrons. The predicted octanol–water partition coefficient (Wildman–Crippen LogP) is 4.73. The lowest BCUT2D eigenvalue weighted by Crippen LogP contribution is -2.36. The molecule has 0 aliphatic carbocycles. The van der Waals surface area contributed by atoms with Crippen molar-refractivity contribution in [1.82, 2.24) is 25.1 Å². The van der Waals surface area contributed by atoms with Crippen molar-refractivity contribution >= 4 is 40.9 Å². The lowest BCUT2D eigenvalue weighted by atomic mass is 9.99. The topological polar surface area (TPSA) is 163 Å². The molecule has 16 heteroatoms. The maximum absolute atomic E-state index is 13.2. The minimum absolute atomic E-state index is 0.185. The molecule has 3 heterocycles. The van der Waals surface area contributed by atoms with E-state index in [1.807, 2.05) is 48.5 Å². The molecule has 1 unspecified atom stereocenters. The third-order valence-electron chi connectivity index (χ3n) is 9.59. The number of ether oxygens (including phenoxy) is 6. The number of nitrogens with zero attached hydrogens (tertiary/aromatic N) is 5. The fraction of sp³-hybridized carbons (Fsp3) is 0.409. The first kappa shape index (κ1) is 45.8. The van der Waals surface area contributed by atoms with Gasteiger partial charge in [0.2, 0.25) is 0 Å². The summed E-state index contributed by atoms with van der Waals surface area (Å²) >= 11 is 4.67. The van der Waals surface area contributed by atoms with Crippen LogP contribution < -0.4 is 5.32 Å². The summed E-state index contributed by atoms with van der Waals surface area (Å²) in [6.07, 6.45) is 0.653. The highest BCUT2D eigenvalue weighted by Crippen LogP contribution is 2.28. The Bertz CT molecular complexity index is 1990. The van der Waals surface area contributed by atoms with Crippen LogP contribution in [0.4, 0.5) is 5.69 Å². The fourth-order valence-corrected chi connectivity index (χ4v) is 6.57. The summed E-state index contributed by atoms with van der Waals surface area (Å²) in [6.45, 7) is 6.48. The molecule has 1 atom stereocenters. The number of carbonyl (C=O) groups excluding carboxylic acids is 3. The fourth-order valence-electron chi connectivity index (χ4n) is 6.47. The molecule has 2 aromatic heterocycles. The molecule has 4 aromatic rings. The molecule has 1 aliphatic heterocycles. The zero-order valence-electron chi connectivity index (χ0n) is 34.1. The van der Waals surface area contributed by atoms with Crippen LogP contribution in [0.3, 0.4) is 0 Å². The Morgan fingerprint density at radius 2 is 1.30 bits per heavy atom. The van der Waals surface area contributed by atoms with Crippen molar-refractivity contribution in [3.05, 3.63) is 124 Å². The third kappa shape index (κ3) is 14.8. The van der Waals surface area contributed by atoms with Crippen LogP contribution in [0.25, 0.3) is 0 Å². The normalized spacial score (nSPS) is 16.0. The molecule has 1 fully saturated rings. The molecule has 1 N–H and O–H groups in total. The molecule has 5 rings (SSSR count). The lowest BCUT2D eigenvalue weighted by Gasteiger charge is -2.32. The van der Waals surface area contributed by atoms with Gasteiger partial charge in [0.05, 0.1) is 95.4 Å². The summed E-state index contributed by atoms with van der Waals surface area (Å²) < 4.78 is 33.8. The number of nitrogens with one attached hydrogen (secondary N) is 1. The van der Waals surface area contributed by atoms with E-state index in [0.29, 0.717) is 110 Å².